The SMILES string of the molecule is CN(Cc1cn(C)nn1)S(=O)(=O)CC12CC3CC(CC(C3)C1)C2. The molecule has 0 spiro atoms. The van der Waals surface area contributed by atoms with Crippen LogP contribution in [0.3, 0.4) is 0 Å². The van der Waals surface area contributed by atoms with Crippen molar-refractivity contribution in [3.63, 3.8) is 0 Å². The molecule has 5 rings (SSSR count). The molecular formula is C16H26N4O2S. The standard InChI is InChI=1S/C16H26N4O2S/c1-19-9-15(17-18-19)10-20(2)23(21,22)11-16-6-12-3-13(7-16)5-14(4-12)8-16/h9,12-14H,3-8,10-11H2,1-2H3. The highest BCUT2D eigenvalue weighted by Crippen LogP contribution is 2.60. The Morgan fingerprint density at radius 2 is 1.78 bits per heavy atom. The second-order valence-corrected chi connectivity index (χ2v) is 10.4. The van der Waals surface area contributed by atoms with Crippen molar-refractivity contribution < 1.29 is 8.42 Å². The fraction of sp³-hybridized carbons (Fsp3) is 0.875. The molecule has 128 valence electrons. The monoisotopic (exact) mass is 338 g/mol. The van der Waals surface area contributed by atoms with Gasteiger partial charge in [0.15, 0.2) is 0 Å². The summed E-state index contributed by atoms with van der Waals surface area (Å²) >= 11 is 0. The quantitative estimate of drug-likeness (QED) is 0.821. The largest absolute Gasteiger partial charge is 0.255 e. The molecule has 0 radical (unpaired) electrons. The highest BCUT2D eigenvalue weighted by atomic mass is 32.2. The van der Waals surface area contributed by atoms with Crippen LogP contribution in [0, 0.1) is 23.2 Å². The van der Waals surface area contributed by atoms with Crippen LogP contribution in [0.5, 0.6) is 0 Å². The number of nitrogens with zero attached hydrogens (tertiary/aromatic N) is 4. The van der Waals surface area contributed by atoms with E-state index in [2.05, 4.69) is 10.3 Å². The molecule has 1 aromatic heterocycles. The number of aryl methyl sites for hydroxylation is 1. The van der Waals surface area contributed by atoms with Gasteiger partial charge in [0.1, 0.15) is 0 Å². The van der Waals surface area contributed by atoms with Gasteiger partial charge in [0.2, 0.25) is 10.0 Å². The maximum absolute atomic E-state index is 12.9. The smallest absolute Gasteiger partial charge is 0.214 e. The molecule has 1 aromatic rings. The van der Waals surface area contributed by atoms with Gasteiger partial charge >= 0.3 is 0 Å². The van der Waals surface area contributed by atoms with E-state index in [0.29, 0.717) is 18.0 Å². The molecule has 6 nitrogen and oxygen atoms in total. The van der Waals surface area contributed by atoms with E-state index in [1.807, 2.05) is 0 Å². The lowest BCUT2D eigenvalue weighted by molar-refractivity contribution is -0.0394. The first kappa shape index (κ1) is 15.6. The van der Waals surface area contributed by atoms with Crippen molar-refractivity contribution >= 4 is 10.0 Å². The third kappa shape index (κ3) is 2.93. The summed E-state index contributed by atoms with van der Waals surface area (Å²) in [5.74, 6) is 2.66. The van der Waals surface area contributed by atoms with E-state index >= 15 is 0 Å². The average Bonchev–Trinajstić information content (AvgIpc) is 2.81. The third-order valence-electron chi connectivity index (χ3n) is 6.16. The van der Waals surface area contributed by atoms with Crippen LogP contribution in [0.1, 0.15) is 44.2 Å². The minimum Gasteiger partial charge on any atom is -0.255 e. The van der Waals surface area contributed by atoms with Crippen molar-refractivity contribution in [1.29, 1.82) is 0 Å². The zero-order chi connectivity index (χ0) is 16.2. The van der Waals surface area contributed by atoms with Gasteiger partial charge in [0, 0.05) is 20.3 Å². The molecular weight excluding hydrogens is 312 g/mol. The van der Waals surface area contributed by atoms with Gasteiger partial charge in [0.25, 0.3) is 0 Å². The van der Waals surface area contributed by atoms with Gasteiger partial charge in [-0.2, -0.15) is 4.31 Å². The minimum absolute atomic E-state index is 0.0458. The molecule has 0 aliphatic heterocycles. The van der Waals surface area contributed by atoms with Crippen molar-refractivity contribution in [3.8, 4) is 0 Å². The Hall–Kier alpha value is -0.950. The van der Waals surface area contributed by atoms with E-state index in [1.54, 1.807) is 25.0 Å². The van der Waals surface area contributed by atoms with E-state index in [1.165, 1.54) is 23.6 Å². The summed E-state index contributed by atoms with van der Waals surface area (Å²) in [5.41, 5.74) is 0.744. The first-order valence-corrected chi connectivity index (χ1v) is 10.2. The number of hydrogen-bond donors (Lipinski definition) is 0. The van der Waals surface area contributed by atoms with Crippen LogP contribution in [0.4, 0.5) is 0 Å². The van der Waals surface area contributed by atoms with Crippen molar-refractivity contribution in [3.05, 3.63) is 11.9 Å². The van der Waals surface area contributed by atoms with Gasteiger partial charge in [-0.1, -0.05) is 5.21 Å². The Kier molecular flexibility index (Phi) is 3.57. The molecule has 0 amide bonds. The second kappa shape index (κ2) is 5.28. The van der Waals surface area contributed by atoms with Gasteiger partial charge in [0.05, 0.1) is 18.0 Å². The normalized spacial score (nSPS) is 36.0. The van der Waals surface area contributed by atoms with Gasteiger partial charge in [-0.05, 0) is 61.7 Å². The van der Waals surface area contributed by atoms with Crippen LogP contribution in [-0.4, -0.2) is 40.5 Å². The molecule has 4 saturated carbocycles. The zero-order valence-corrected chi connectivity index (χ0v) is 14.8. The maximum atomic E-state index is 12.9. The number of rotatable bonds is 5. The first-order valence-electron chi connectivity index (χ1n) is 8.63. The topological polar surface area (TPSA) is 68.1 Å². The summed E-state index contributed by atoms with van der Waals surface area (Å²) < 4.78 is 28.9. The summed E-state index contributed by atoms with van der Waals surface area (Å²) in [6.45, 7) is 0.308. The molecule has 23 heavy (non-hydrogen) atoms. The first-order chi connectivity index (χ1) is 10.8. The van der Waals surface area contributed by atoms with Crippen molar-refractivity contribution in [2.24, 2.45) is 30.2 Å². The Labute approximate surface area is 138 Å². The van der Waals surface area contributed by atoms with E-state index in [0.717, 1.165) is 37.0 Å². The highest BCUT2D eigenvalue weighted by molar-refractivity contribution is 7.89. The molecule has 0 unspecified atom stereocenters. The summed E-state index contributed by atoms with van der Waals surface area (Å²) in [6, 6.07) is 0. The minimum atomic E-state index is -3.26. The number of sulfonamides is 1. The Bertz CT molecular complexity index is 661. The second-order valence-electron chi connectivity index (χ2n) is 8.31. The number of aromatic nitrogens is 3. The lowest BCUT2D eigenvalue weighted by Gasteiger charge is -2.56. The van der Waals surface area contributed by atoms with E-state index < -0.39 is 10.0 Å². The molecule has 4 aliphatic carbocycles. The van der Waals surface area contributed by atoms with Crippen LogP contribution in [0.2, 0.25) is 0 Å². The molecule has 0 saturated heterocycles. The van der Waals surface area contributed by atoms with Gasteiger partial charge in [-0.25, -0.2) is 8.42 Å². The molecule has 4 fully saturated rings. The van der Waals surface area contributed by atoms with Gasteiger partial charge < -0.3 is 0 Å². The fourth-order valence-corrected chi connectivity index (χ4v) is 7.43. The summed E-state index contributed by atoms with van der Waals surface area (Å²) in [4.78, 5) is 0. The average molecular weight is 338 g/mol. The van der Waals surface area contributed by atoms with Crippen molar-refractivity contribution in [2.45, 2.75) is 45.1 Å². The lowest BCUT2D eigenvalue weighted by atomic mass is 9.50. The highest BCUT2D eigenvalue weighted by Gasteiger charge is 2.52. The summed E-state index contributed by atoms with van der Waals surface area (Å²) in [7, 11) is 0.208. The Morgan fingerprint density at radius 3 is 2.26 bits per heavy atom. The van der Waals surface area contributed by atoms with Crippen LogP contribution in [0.25, 0.3) is 0 Å². The predicted octanol–water partition coefficient (Wildman–Crippen LogP) is 1.79. The Morgan fingerprint density at radius 1 is 1.22 bits per heavy atom. The molecule has 0 aromatic carbocycles. The molecule has 4 bridgehead atoms. The molecule has 7 heteroatoms. The Balaban J connectivity index is 1.48. The molecule has 4 aliphatic rings. The molecule has 1 heterocycles. The molecule has 0 atom stereocenters. The third-order valence-corrected chi connectivity index (χ3v) is 8.22. The summed E-state index contributed by atoms with van der Waals surface area (Å²) in [6.07, 6.45) is 9.17. The van der Waals surface area contributed by atoms with E-state index in [-0.39, 0.29) is 5.41 Å². The van der Waals surface area contributed by atoms with Crippen LogP contribution < -0.4 is 0 Å². The van der Waals surface area contributed by atoms with Crippen LogP contribution in [-0.2, 0) is 23.6 Å². The van der Waals surface area contributed by atoms with Crippen LogP contribution in [0.15, 0.2) is 6.20 Å². The van der Waals surface area contributed by atoms with E-state index in [4.69, 9.17) is 0 Å². The van der Waals surface area contributed by atoms with E-state index in [9.17, 15) is 8.42 Å². The van der Waals surface area contributed by atoms with Gasteiger partial charge in [-0.15, -0.1) is 5.10 Å². The van der Waals surface area contributed by atoms with Gasteiger partial charge in [-0.3, -0.25) is 4.68 Å². The fourth-order valence-electron chi connectivity index (χ4n) is 5.76. The van der Waals surface area contributed by atoms with Crippen molar-refractivity contribution in [2.75, 3.05) is 12.8 Å². The molecule has 0 N–H and O–H groups in total. The predicted molar refractivity (Wildman–Crippen MR) is 86.9 cm³/mol. The lowest BCUT2D eigenvalue weighted by Crippen LogP contribution is -2.50. The zero-order valence-electron chi connectivity index (χ0n) is 14.0. The maximum Gasteiger partial charge on any atom is 0.214 e. The number of hydrogen-bond acceptors (Lipinski definition) is 4. The van der Waals surface area contributed by atoms with Crippen molar-refractivity contribution in [1.82, 2.24) is 19.3 Å². The summed E-state index contributed by atoms with van der Waals surface area (Å²) in [5, 5.41) is 7.88. The van der Waals surface area contributed by atoms with Crippen LogP contribution >= 0.6 is 0 Å².